The van der Waals surface area contributed by atoms with Crippen LogP contribution in [0.4, 0.5) is 0 Å². The Morgan fingerprint density at radius 3 is 2.67 bits per heavy atom. The molecule has 2 unspecified atom stereocenters. The van der Waals surface area contributed by atoms with Gasteiger partial charge in [0, 0.05) is 37.8 Å². The zero-order valence-electron chi connectivity index (χ0n) is 20.0. The van der Waals surface area contributed by atoms with Gasteiger partial charge >= 0.3 is 0 Å². The summed E-state index contributed by atoms with van der Waals surface area (Å²) in [6.07, 6.45) is 1.18. The number of aliphatic imine (C=N–C) groups is 1. The van der Waals surface area contributed by atoms with E-state index in [1.54, 1.807) is 0 Å². The first-order valence-electron chi connectivity index (χ1n) is 11.7. The molecule has 6 nitrogen and oxygen atoms in total. The molecule has 1 fully saturated rings. The van der Waals surface area contributed by atoms with Gasteiger partial charge in [-0.15, -0.1) is 24.0 Å². The molecule has 2 N–H and O–H groups in total. The second-order valence-electron chi connectivity index (χ2n) is 7.98. The average molecular weight is 568 g/mol. The molecule has 3 rings (SSSR count). The summed E-state index contributed by atoms with van der Waals surface area (Å²) in [7, 11) is 0. The largest absolute Gasteiger partial charge is 0.491 e. The van der Waals surface area contributed by atoms with Crippen molar-refractivity contribution < 1.29 is 14.2 Å². The Morgan fingerprint density at radius 2 is 1.91 bits per heavy atom. The van der Waals surface area contributed by atoms with E-state index in [1.165, 1.54) is 11.1 Å². The Balaban J connectivity index is 0.00000385. The molecule has 2 atom stereocenters. The fourth-order valence-corrected chi connectivity index (χ4v) is 3.87. The molecular formula is C26H38IN3O3. The Labute approximate surface area is 215 Å². The molecule has 33 heavy (non-hydrogen) atoms. The lowest BCUT2D eigenvalue weighted by molar-refractivity contribution is 0.0915. The van der Waals surface area contributed by atoms with Gasteiger partial charge in [0.25, 0.3) is 0 Å². The van der Waals surface area contributed by atoms with Crippen LogP contribution in [0.1, 0.15) is 43.1 Å². The van der Waals surface area contributed by atoms with E-state index in [2.05, 4.69) is 66.9 Å². The van der Waals surface area contributed by atoms with Crippen LogP contribution in [0.3, 0.4) is 0 Å². The van der Waals surface area contributed by atoms with Crippen molar-refractivity contribution in [1.82, 2.24) is 10.6 Å². The number of aryl methyl sites for hydroxylation is 1. The van der Waals surface area contributed by atoms with Crippen LogP contribution in [0.15, 0.2) is 53.5 Å². The molecule has 0 saturated carbocycles. The first kappa shape index (κ1) is 27.4. The zero-order valence-corrected chi connectivity index (χ0v) is 22.3. The molecule has 1 aliphatic rings. The number of rotatable bonds is 11. The van der Waals surface area contributed by atoms with E-state index in [4.69, 9.17) is 19.2 Å². The van der Waals surface area contributed by atoms with Crippen molar-refractivity contribution in [3.63, 3.8) is 0 Å². The van der Waals surface area contributed by atoms with E-state index in [0.717, 1.165) is 43.4 Å². The van der Waals surface area contributed by atoms with Crippen molar-refractivity contribution in [1.29, 1.82) is 0 Å². The number of ether oxygens (including phenoxy) is 3. The second-order valence-corrected chi connectivity index (χ2v) is 7.98. The van der Waals surface area contributed by atoms with Crippen LogP contribution >= 0.6 is 24.0 Å². The molecule has 1 heterocycles. The average Bonchev–Trinajstić information content (AvgIpc) is 3.29. The van der Waals surface area contributed by atoms with E-state index in [-0.39, 0.29) is 30.1 Å². The Kier molecular flexibility index (Phi) is 12.6. The first-order valence-corrected chi connectivity index (χ1v) is 11.7. The number of guanidine groups is 1. The number of nitrogens with zero attached hydrogens (tertiary/aromatic N) is 1. The lowest BCUT2D eigenvalue weighted by atomic mass is 9.95. The quantitative estimate of drug-likeness (QED) is 0.176. The minimum absolute atomic E-state index is 0. The van der Waals surface area contributed by atoms with E-state index in [0.29, 0.717) is 32.3 Å². The van der Waals surface area contributed by atoms with Crippen molar-refractivity contribution in [2.75, 3.05) is 39.5 Å². The summed E-state index contributed by atoms with van der Waals surface area (Å²) >= 11 is 0. The van der Waals surface area contributed by atoms with Crippen LogP contribution in [0.25, 0.3) is 0 Å². The molecular weight excluding hydrogens is 529 g/mol. The van der Waals surface area contributed by atoms with E-state index in [1.807, 2.05) is 13.0 Å². The van der Waals surface area contributed by atoms with Crippen LogP contribution in [0.5, 0.6) is 5.75 Å². The van der Waals surface area contributed by atoms with Gasteiger partial charge in [0.1, 0.15) is 12.4 Å². The maximum atomic E-state index is 6.03. The van der Waals surface area contributed by atoms with Crippen molar-refractivity contribution in [2.24, 2.45) is 10.9 Å². The highest BCUT2D eigenvalue weighted by Gasteiger charge is 2.29. The number of halogens is 1. The van der Waals surface area contributed by atoms with Crippen molar-refractivity contribution in [2.45, 2.75) is 39.8 Å². The van der Waals surface area contributed by atoms with Crippen molar-refractivity contribution in [3.8, 4) is 5.75 Å². The summed E-state index contributed by atoms with van der Waals surface area (Å²) in [6.45, 7) is 10.9. The summed E-state index contributed by atoms with van der Waals surface area (Å²) in [5.41, 5.74) is 3.48. The van der Waals surface area contributed by atoms with Crippen LogP contribution in [0, 0.1) is 12.8 Å². The highest BCUT2D eigenvalue weighted by molar-refractivity contribution is 14.0. The Hall–Kier alpha value is -1.84. The highest BCUT2D eigenvalue weighted by Crippen LogP contribution is 2.33. The SMILES string of the molecule is CCNC(=NCc1ccc(C)cc1OCCOCC)NCC1CCOC1c1ccccc1.I. The smallest absolute Gasteiger partial charge is 0.191 e. The van der Waals surface area contributed by atoms with Gasteiger partial charge in [-0.25, -0.2) is 4.99 Å². The minimum atomic E-state index is 0. The van der Waals surface area contributed by atoms with Crippen LogP contribution < -0.4 is 15.4 Å². The summed E-state index contributed by atoms with van der Waals surface area (Å²) in [5, 5.41) is 6.88. The van der Waals surface area contributed by atoms with E-state index >= 15 is 0 Å². The molecule has 1 saturated heterocycles. The van der Waals surface area contributed by atoms with E-state index in [9.17, 15) is 0 Å². The molecule has 1 aliphatic heterocycles. The van der Waals surface area contributed by atoms with Gasteiger partial charge < -0.3 is 24.8 Å². The normalized spacial score (nSPS) is 18.0. The van der Waals surface area contributed by atoms with Gasteiger partial charge in [-0.05, 0) is 44.4 Å². The standard InChI is InChI=1S/C26H37N3O3.HI/c1-4-27-26(29-19-23-13-14-32-25(23)21-9-7-6-8-10-21)28-18-22-12-11-20(3)17-24(22)31-16-15-30-5-2;/h6-12,17,23,25H,4-5,13-16,18-19H2,1-3H3,(H2,27,28,29);1H. The van der Waals surface area contributed by atoms with Crippen LogP contribution in [0.2, 0.25) is 0 Å². The molecule has 0 amide bonds. The van der Waals surface area contributed by atoms with Gasteiger partial charge in [-0.1, -0.05) is 42.5 Å². The maximum absolute atomic E-state index is 6.03. The van der Waals surface area contributed by atoms with Gasteiger partial charge in [0.2, 0.25) is 0 Å². The first-order chi connectivity index (χ1) is 15.7. The number of hydrogen-bond acceptors (Lipinski definition) is 4. The third kappa shape index (κ3) is 8.79. The predicted octanol–water partition coefficient (Wildman–Crippen LogP) is 4.86. The molecule has 2 aromatic rings. The van der Waals surface area contributed by atoms with Crippen LogP contribution in [-0.4, -0.2) is 45.5 Å². The fraction of sp³-hybridized carbons (Fsp3) is 0.500. The topological polar surface area (TPSA) is 64.1 Å². The molecule has 0 spiro atoms. The summed E-state index contributed by atoms with van der Waals surface area (Å²) in [4.78, 5) is 4.82. The van der Waals surface area contributed by atoms with Crippen molar-refractivity contribution >= 4 is 29.9 Å². The monoisotopic (exact) mass is 567 g/mol. The molecule has 0 radical (unpaired) electrons. The third-order valence-electron chi connectivity index (χ3n) is 5.54. The van der Waals surface area contributed by atoms with Gasteiger partial charge in [-0.2, -0.15) is 0 Å². The van der Waals surface area contributed by atoms with Gasteiger partial charge in [0.05, 0.1) is 19.3 Å². The van der Waals surface area contributed by atoms with Crippen molar-refractivity contribution in [3.05, 3.63) is 65.2 Å². The third-order valence-corrected chi connectivity index (χ3v) is 5.54. The lowest BCUT2D eigenvalue weighted by Gasteiger charge is -2.21. The van der Waals surface area contributed by atoms with E-state index < -0.39 is 0 Å². The lowest BCUT2D eigenvalue weighted by Crippen LogP contribution is -2.40. The molecule has 0 aliphatic carbocycles. The second kappa shape index (κ2) is 15.1. The number of benzene rings is 2. The molecule has 7 heteroatoms. The fourth-order valence-electron chi connectivity index (χ4n) is 3.87. The molecule has 0 aromatic heterocycles. The molecule has 2 aromatic carbocycles. The number of hydrogen-bond donors (Lipinski definition) is 2. The van der Waals surface area contributed by atoms with Gasteiger partial charge in [0.15, 0.2) is 5.96 Å². The summed E-state index contributed by atoms with van der Waals surface area (Å²) in [6, 6.07) is 16.7. The molecule has 0 bridgehead atoms. The van der Waals surface area contributed by atoms with Crippen LogP contribution in [-0.2, 0) is 16.0 Å². The van der Waals surface area contributed by atoms with Gasteiger partial charge in [-0.3, -0.25) is 0 Å². The Morgan fingerprint density at radius 1 is 1.09 bits per heavy atom. The minimum Gasteiger partial charge on any atom is -0.491 e. The maximum Gasteiger partial charge on any atom is 0.191 e. The number of nitrogens with one attached hydrogen (secondary N) is 2. The summed E-state index contributed by atoms with van der Waals surface area (Å²) in [5.74, 6) is 2.10. The zero-order chi connectivity index (χ0) is 22.6. The Bertz CT molecular complexity index is 848. The predicted molar refractivity (Wildman–Crippen MR) is 145 cm³/mol. The summed E-state index contributed by atoms with van der Waals surface area (Å²) < 4.78 is 17.4. The molecule has 182 valence electrons. The highest BCUT2D eigenvalue weighted by atomic mass is 127.